The van der Waals surface area contributed by atoms with Crippen LogP contribution in [0.15, 0.2) is 24.3 Å². The Hall–Kier alpha value is -1.09. The second-order valence-corrected chi connectivity index (χ2v) is 4.36. The number of halogens is 1. The molecule has 0 aromatic heterocycles. The Labute approximate surface area is 97.5 Å². The van der Waals surface area contributed by atoms with E-state index in [9.17, 15) is 4.39 Å². The van der Waals surface area contributed by atoms with Gasteiger partial charge in [-0.3, -0.25) is 0 Å². The first-order valence-electron chi connectivity index (χ1n) is 5.79. The van der Waals surface area contributed by atoms with Gasteiger partial charge in [0.1, 0.15) is 5.82 Å². The molecule has 16 heavy (non-hydrogen) atoms. The Morgan fingerprint density at radius 1 is 1.38 bits per heavy atom. The molecule has 2 nitrogen and oxygen atoms in total. The van der Waals surface area contributed by atoms with Gasteiger partial charge in [-0.05, 0) is 31.2 Å². The number of rotatable bonds is 6. The minimum Gasteiger partial charge on any atom is -0.374 e. The summed E-state index contributed by atoms with van der Waals surface area (Å²) < 4.78 is 13.0. The van der Waals surface area contributed by atoms with Crippen molar-refractivity contribution in [2.45, 2.75) is 26.3 Å². The third-order valence-corrected chi connectivity index (χ3v) is 2.47. The van der Waals surface area contributed by atoms with Gasteiger partial charge in [-0.2, -0.15) is 0 Å². The van der Waals surface area contributed by atoms with Gasteiger partial charge in [-0.25, -0.2) is 4.39 Å². The highest BCUT2D eigenvalue weighted by molar-refractivity contribution is 5.45. The molecule has 0 fully saturated rings. The molecular weight excluding hydrogens is 203 g/mol. The van der Waals surface area contributed by atoms with Gasteiger partial charge in [-0.1, -0.05) is 19.9 Å². The standard InChI is InChI=1S/C13H21FN2/c1-11(2)15-8-5-9-16(3)13-7-4-6-12(14)10-13/h4,6-7,10-11,15H,5,8-9H2,1-3H3. The van der Waals surface area contributed by atoms with Crippen LogP contribution in [0, 0.1) is 5.82 Å². The van der Waals surface area contributed by atoms with Crippen molar-refractivity contribution in [2.75, 3.05) is 25.0 Å². The van der Waals surface area contributed by atoms with Crippen LogP contribution in [-0.2, 0) is 0 Å². The lowest BCUT2D eigenvalue weighted by Crippen LogP contribution is -2.27. The average molecular weight is 224 g/mol. The van der Waals surface area contributed by atoms with Crippen LogP contribution in [-0.4, -0.2) is 26.2 Å². The second kappa shape index (κ2) is 6.48. The zero-order chi connectivity index (χ0) is 12.0. The largest absolute Gasteiger partial charge is 0.374 e. The molecule has 0 bridgehead atoms. The fourth-order valence-electron chi connectivity index (χ4n) is 1.55. The lowest BCUT2D eigenvalue weighted by molar-refractivity contribution is 0.570. The second-order valence-electron chi connectivity index (χ2n) is 4.36. The molecule has 0 saturated heterocycles. The highest BCUT2D eigenvalue weighted by Crippen LogP contribution is 2.13. The molecule has 1 rings (SSSR count). The van der Waals surface area contributed by atoms with E-state index in [1.165, 1.54) is 6.07 Å². The molecule has 1 N–H and O–H groups in total. The lowest BCUT2D eigenvalue weighted by atomic mass is 10.2. The van der Waals surface area contributed by atoms with E-state index in [2.05, 4.69) is 24.1 Å². The van der Waals surface area contributed by atoms with E-state index in [1.54, 1.807) is 12.1 Å². The van der Waals surface area contributed by atoms with Crippen LogP contribution in [0.4, 0.5) is 10.1 Å². The Balaban J connectivity index is 2.32. The van der Waals surface area contributed by atoms with Gasteiger partial charge in [0.2, 0.25) is 0 Å². The predicted octanol–water partition coefficient (Wildman–Crippen LogP) is 2.65. The molecule has 0 atom stereocenters. The molecule has 0 unspecified atom stereocenters. The normalized spacial score (nSPS) is 10.8. The van der Waals surface area contributed by atoms with Crippen LogP contribution < -0.4 is 10.2 Å². The highest BCUT2D eigenvalue weighted by atomic mass is 19.1. The summed E-state index contributed by atoms with van der Waals surface area (Å²) in [5, 5.41) is 3.36. The third kappa shape index (κ3) is 4.62. The number of hydrogen-bond donors (Lipinski definition) is 1. The molecule has 0 aliphatic heterocycles. The van der Waals surface area contributed by atoms with Crippen LogP contribution in [0.5, 0.6) is 0 Å². The Bertz CT molecular complexity index is 313. The van der Waals surface area contributed by atoms with Crippen LogP contribution >= 0.6 is 0 Å². The summed E-state index contributed by atoms with van der Waals surface area (Å²) in [7, 11) is 1.99. The fourth-order valence-corrected chi connectivity index (χ4v) is 1.55. The van der Waals surface area contributed by atoms with Crippen molar-refractivity contribution in [1.29, 1.82) is 0 Å². The monoisotopic (exact) mass is 224 g/mol. The average Bonchev–Trinajstić information content (AvgIpc) is 2.24. The quantitative estimate of drug-likeness (QED) is 0.747. The Morgan fingerprint density at radius 3 is 2.75 bits per heavy atom. The van der Waals surface area contributed by atoms with Gasteiger partial charge >= 0.3 is 0 Å². The highest BCUT2D eigenvalue weighted by Gasteiger charge is 2.01. The van der Waals surface area contributed by atoms with E-state index in [-0.39, 0.29) is 5.82 Å². The van der Waals surface area contributed by atoms with Crippen LogP contribution in [0.1, 0.15) is 20.3 Å². The van der Waals surface area contributed by atoms with Gasteiger partial charge < -0.3 is 10.2 Å². The minimum absolute atomic E-state index is 0.176. The molecule has 3 heteroatoms. The van der Waals surface area contributed by atoms with E-state index < -0.39 is 0 Å². The lowest BCUT2D eigenvalue weighted by Gasteiger charge is -2.19. The van der Waals surface area contributed by atoms with Gasteiger partial charge in [0.25, 0.3) is 0 Å². The van der Waals surface area contributed by atoms with Gasteiger partial charge in [-0.15, -0.1) is 0 Å². The minimum atomic E-state index is -0.176. The van der Waals surface area contributed by atoms with Crippen molar-refractivity contribution < 1.29 is 4.39 Å². The molecule has 1 aromatic rings. The molecular formula is C13H21FN2. The van der Waals surface area contributed by atoms with E-state index >= 15 is 0 Å². The Kier molecular flexibility index (Phi) is 5.26. The molecule has 0 spiro atoms. The maximum absolute atomic E-state index is 13.0. The summed E-state index contributed by atoms with van der Waals surface area (Å²) in [5.74, 6) is -0.176. The molecule has 0 aliphatic rings. The number of hydrogen-bond acceptors (Lipinski definition) is 2. The molecule has 0 aliphatic carbocycles. The van der Waals surface area contributed by atoms with Crippen LogP contribution in [0.3, 0.4) is 0 Å². The van der Waals surface area contributed by atoms with Gasteiger partial charge in [0.05, 0.1) is 0 Å². The summed E-state index contributed by atoms with van der Waals surface area (Å²) in [6.07, 6.45) is 1.06. The fraction of sp³-hybridized carbons (Fsp3) is 0.538. The van der Waals surface area contributed by atoms with Gasteiger partial charge in [0, 0.05) is 25.3 Å². The maximum atomic E-state index is 13.0. The van der Waals surface area contributed by atoms with E-state index in [0.29, 0.717) is 6.04 Å². The summed E-state index contributed by atoms with van der Waals surface area (Å²) in [6.45, 7) is 6.20. The molecule has 90 valence electrons. The van der Waals surface area contributed by atoms with Crippen LogP contribution in [0.2, 0.25) is 0 Å². The number of nitrogens with zero attached hydrogens (tertiary/aromatic N) is 1. The smallest absolute Gasteiger partial charge is 0.125 e. The molecule has 1 aromatic carbocycles. The van der Waals surface area contributed by atoms with Crippen LogP contribution in [0.25, 0.3) is 0 Å². The van der Waals surface area contributed by atoms with Crippen molar-refractivity contribution >= 4 is 5.69 Å². The molecule has 0 saturated carbocycles. The molecule has 0 amide bonds. The predicted molar refractivity (Wildman–Crippen MR) is 67.4 cm³/mol. The van der Waals surface area contributed by atoms with E-state index in [0.717, 1.165) is 25.2 Å². The van der Waals surface area contributed by atoms with E-state index in [4.69, 9.17) is 0 Å². The van der Waals surface area contributed by atoms with E-state index in [1.807, 2.05) is 13.1 Å². The first-order chi connectivity index (χ1) is 7.59. The third-order valence-electron chi connectivity index (χ3n) is 2.47. The van der Waals surface area contributed by atoms with Crippen molar-refractivity contribution in [3.05, 3.63) is 30.1 Å². The van der Waals surface area contributed by atoms with Crippen molar-refractivity contribution in [2.24, 2.45) is 0 Å². The SMILES string of the molecule is CC(C)NCCCN(C)c1cccc(F)c1. The number of nitrogens with one attached hydrogen (secondary N) is 1. The first kappa shape index (κ1) is 13.0. The summed E-state index contributed by atoms with van der Waals surface area (Å²) in [5.41, 5.74) is 0.935. The van der Waals surface area contributed by atoms with Crippen molar-refractivity contribution in [3.63, 3.8) is 0 Å². The van der Waals surface area contributed by atoms with Crippen molar-refractivity contribution in [1.82, 2.24) is 5.32 Å². The topological polar surface area (TPSA) is 15.3 Å². The zero-order valence-corrected chi connectivity index (χ0v) is 10.3. The summed E-state index contributed by atoms with van der Waals surface area (Å²) >= 11 is 0. The first-order valence-corrected chi connectivity index (χ1v) is 5.79. The van der Waals surface area contributed by atoms with Gasteiger partial charge in [0.15, 0.2) is 0 Å². The number of benzene rings is 1. The molecule has 0 heterocycles. The molecule has 0 radical (unpaired) electrons. The summed E-state index contributed by atoms with van der Waals surface area (Å²) in [6, 6.07) is 7.24. The Morgan fingerprint density at radius 2 is 2.12 bits per heavy atom. The van der Waals surface area contributed by atoms with Crippen molar-refractivity contribution in [3.8, 4) is 0 Å². The zero-order valence-electron chi connectivity index (χ0n) is 10.3. The number of anilines is 1. The maximum Gasteiger partial charge on any atom is 0.125 e. The summed E-state index contributed by atoms with van der Waals surface area (Å²) in [4.78, 5) is 2.07.